The van der Waals surface area contributed by atoms with Crippen LogP contribution in [-0.4, -0.2) is 120 Å². The lowest BCUT2D eigenvalue weighted by Gasteiger charge is -2.50. The van der Waals surface area contributed by atoms with Gasteiger partial charge in [0.1, 0.15) is 39.2 Å². The standard InChI is InChI=1S/C35H48B5N9/c1-28(2)30(5,6)48-26(44-28)46(32(9,10)34(48,13)14)24-41-23(17-18(36)20(38)22(40)21(39)19(17)37)42-25(43-24)47-27-45-29(3,4)31(7,8)49(27)35(15,16)33(47,11)12/h1-16H3. The molecule has 2 aromatic rings. The Labute approximate surface area is 300 Å². The number of anilines is 2. The second-order valence-corrected chi connectivity index (χ2v) is 18.3. The molecule has 0 saturated carbocycles. The zero-order valence-electron chi connectivity index (χ0n) is 32.4. The van der Waals surface area contributed by atoms with E-state index in [4.69, 9.17) is 64.2 Å². The second-order valence-electron chi connectivity index (χ2n) is 18.3. The molecule has 1 aromatic carbocycles. The van der Waals surface area contributed by atoms with Gasteiger partial charge >= 0.3 is 0 Å². The third kappa shape index (κ3) is 4.09. The van der Waals surface area contributed by atoms with Gasteiger partial charge in [0.15, 0.2) is 5.82 Å². The van der Waals surface area contributed by atoms with E-state index in [1.54, 1.807) is 0 Å². The maximum atomic E-state index is 6.67. The SMILES string of the molecule is [B]c1c([B])c([B])c(-c2nc(N3C4=NC(C)(C)C(C)(C)N4C(C)(C)C3(C)C)nc(N3C4=NC(C)(C)C(C)(C)N4C(C)(C)C3(C)C)n2)c([B])c1[B]. The van der Waals surface area contributed by atoms with E-state index in [2.05, 4.69) is 130 Å². The van der Waals surface area contributed by atoms with Crippen LogP contribution in [0.2, 0.25) is 0 Å². The minimum absolute atomic E-state index is 0.124. The highest BCUT2D eigenvalue weighted by atomic mass is 15.6. The van der Waals surface area contributed by atoms with Crippen LogP contribution in [0, 0.1) is 0 Å². The van der Waals surface area contributed by atoms with Crippen molar-refractivity contribution in [2.45, 2.75) is 155 Å². The molecule has 49 heavy (non-hydrogen) atoms. The average Bonchev–Trinajstić information content (AvgIpc) is 3.38. The van der Waals surface area contributed by atoms with E-state index >= 15 is 0 Å². The number of nitrogens with zero attached hydrogens (tertiary/aromatic N) is 9. The molecule has 0 amide bonds. The Hall–Kier alpha value is -2.91. The smallest absolute Gasteiger partial charge is 0.238 e. The minimum atomic E-state index is -0.535. The molecule has 2 fully saturated rings. The summed E-state index contributed by atoms with van der Waals surface area (Å²) in [5.74, 6) is 2.58. The van der Waals surface area contributed by atoms with Crippen molar-refractivity contribution in [1.82, 2.24) is 24.8 Å². The maximum Gasteiger partial charge on any atom is 0.238 e. The third-order valence-corrected chi connectivity index (χ3v) is 13.8. The number of hydrogen-bond acceptors (Lipinski definition) is 9. The van der Waals surface area contributed by atoms with Crippen LogP contribution in [0.4, 0.5) is 11.9 Å². The molecule has 1 aromatic heterocycles. The van der Waals surface area contributed by atoms with Crippen LogP contribution in [0.15, 0.2) is 9.98 Å². The molecule has 0 aliphatic carbocycles. The summed E-state index contributed by atoms with van der Waals surface area (Å²) < 4.78 is 0. The first-order valence-electron chi connectivity index (χ1n) is 17.1. The van der Waals surface area contributed by atoms with Crippen molar-refractivity contribution >= 4 is 90.4 Å². The molecule has 6 rings (SSSR count). The Kier molecular flexibility index (Phi) is 7.10. The van der Waals surface area contributed by atoms with Crippen molar-refractivity contribution in [1.29, 1.82) is 0 Å². The molecule has 0 N–H and O–H groups in total. The van der Waals surface area contributed by atoms with Gasteiger partial charge in [-0.05, 0) is 111 Å². The number of benzene rings is 1. The van der Waals surface area contributed by atoms with E-state index < -0.39 is 22.2 Å². The van der Waals surface area contributed by atoms with Gasteiger partial charge in [0.2, 0.25) is 23.8 Å². The highest BCUT2D eigenvalue weighted by Gasteiger charge is 2.68. The predicted octanol–water partition coefficient (Wildman–Crippen LogP) is 0.720. The molecule has 0 bridgehead atoms. The number of rotatable bonds is 3. The Morgan fingerprint density at radius 2 is 0.694 bits per heavy atom. The second kappa shape index (κ2) is 9.70. The van der Waals surface area contributed by atoms with Gasteiger partial charge in [-0.2, -0.15) is 15.0 Å². The number of aromatic nitrogens is 3. The topological polar surface area (TPSA) is 76.4 Å². The highest BCUT2D eigenvalue weighted by molar-refractivity contribution is 6.68. The van der Waals surface area contributed by atoms with Crippen LogP contribution in [0.3, 0.4) is 0 Å². The molecular weight excluding hydrogens is 601 g/mol. The molecule has 248 valence electrons. The zero-order valence-corrected chi connectivity index (χ0v) is 32.4. The van der Waals surface area contributed by atoms with Crippen LogP contribution in [0.1, 0.15) is 111 Å². The molecule has 10 radical (unpaired) electrons. The Morgan fingerprint density at radius 3 is 1.02 bits per heavy atom. The van der Waals surface area contributed by atoms with Crippen molar-refractivity contribution in [3.8, 4) is 11.4 Å². The van der Waals surface area contributed by atoms with Crippen molar-refractivity contribution in [2.75, 3.05) is 9.80 Å². The molecule has 4 aliphatic rings. The predicted molar refractivity (Wildman–Crippen MR) is 208 cm³/mol. The van der Waals surface area contributed by atoms with E-state index in [0.717, 1.165) is 11.9 Å². The normalized spacial score (nSPS) is 25.7. The van der Waals surface area contributed by atoms with Crippen LogP contribution in [0.5, 0.6) is 0 Å². The van der Waals surface area contributed by atoms with Crippen molar-refractivity contribution < 1.29 is 0 Å². The summed E-state index contributed by atoms with van der Waals surface area (Å²) in [6, 6.07) is 0. The minimum Gasteiger partial charge on any atom is -0.327 e. The number of hydrogen-bond donors (Lipinski definition) is 0. The fraction of sp³-hybridized carbons (Fsp3) is 0.686. The van der Waals surface area contributed by atoms with E-state index in [1.807, 2.05) is 0 Å². The number of aliphatic imine (C=N–C) groups is 2. The molecule has 0 atom stereocenters. The lowest BCUT2D eigenvalue weighted by molar-refractivity contribution is 0.0526. The van der Waals surface area contributed by atoms with Crippen LogP contribution in [0.25, 0.3) is 11.4 Å². The van der Waals surface area contributed by atoms with E-state index in [-0.39, 0.29) is 55.3 Å². The summed E-state index contributed by atoms with van der Waals surface area (Å²) >= 11 is 0. The zero-order chi connectivity index (χ0) is 37.2. The average molecular weight is 649 g/mol. The number of guanidine groups is 2. The molecule has 4 aliphatic heterocycles. The fourth-order valence-electron chi connectivity index (χ4n) is 8.15. The number of fused-ring (bicyclic) bond motifs is 2. The lowest BCUT2D eigenvalue weighted by Crippen LogP contribution is -2.63. The first kappa shape index (κ1) is 35.9. The van der Waals surface area contributed by atoms with E-state index in [9.17, 15) is 0 Å². The fourth-order valence-corrected chi connectivity index (χ4v) is 8.15. The molecule has 9 nitrogen and oxygen atoms in total. The summed E-state index contributed by atoms with van der Waals surface area (Å²) in [6.45, 7) is 35.3. The molecule has 2 saturated heterocycles. The van der Waals surface area contributed by atoms with Gasteiger partial charge in [-0.3, -0.25) is 9.80 Å². The Bertz CT molecular complexity index is 1750. The van der Waals surface area contributed by atoms with E-state index in [0.29, 0.717) is 17.5 Å². The molecule has 0 unspecified atom stereocenters. The van der Waals surface area contributed by atoms with Gasteiger partial charge in [-0.25, -0.2) is 9.98 Å². The van der Waals surface area contributed by atoms with Crippen LogP contribution in [-0.2, 0) is 0 Å². The summed E-state index contributed by atoms with van der Waals surface area (Å²) in [7, 11) is 32.3. The van der Waals surface area contributed by atoms with Crippen molar-refractivity contribution in [3.05, 3.63) is 0 Å². The maximum absolute atomic E-state index is 6.67. The van der Waals surface area contributed by atoms with Gasteiger partial charge in [-0.15, -0.1) is 16.4 Å². The monoisotopic (exact) mass is 649 g/mol. The van der Waals surface area contributed by atoms with Crippen molar-refractivity contribution in [2.24, 2.45) is 9.98 Å². The Balaban J connectivity index is 1.71. The quantitative estimate of drug-likeness (QED) is 0.455. The van der Waals surface area contributed by atoms with Gasteiger partial charge in [-0.1, -0.05) is 10.9 Å². The van der Waals surface area contributed by atoms with Crippen LogP contribution >= 0.6 is 0 Å². The summed E-state index contributed by atoms with van der Waals surface area (Å²) in [5, 5.41) is 0. The summed E-state index contributed by atoms with van der Waals surface area (Å²) in [5.41, 5.74) is -2.31. The van der Waals surface area contributed by atoms with Gasteiger partial charge in [0.05, 0.1) is 44.3 Å². The van der Waals surface area contributed by atoms with Gasteiger partial charge in [0, 0.05) is 5.56 Å². The Morgan fingerprint density at radius 1 is 0.388 bits per heavy atom. The summed E-state index contributed by atoms with van der Waals surface area (Å²) in [6.07, 6.45) is 0. The lowest BCUT2D eigenvalue weighted by atomic mass is 9.60. The highest BCUT2D eigenvalue weighted by Crippen LogP contribution is 2.55. The van der Waals surface area contributed by atoms with E-state index in [1.165, 1.54) is 0 Å². The first-order valence-corrected chi connectivity index (χ1v) is 17.1. The van der Waals surface area contributed by atoms with Crippen molar-refractivity contribution in [3.63, 3.8) is 0 Å². The summed E-state index contributed by atoms with van der Waals surface area (Å²) in [4.78, 5) is 35.4. The van der Waals surface area contributed by atoms with Crippen LogP contribution < -0.4 is 37.1 Å². The molecule has 0 spiro atoms. The molecular formula is C35H48B5N9. The van der Waals surface area contributed by atoms with Gasteiger partial charge in [0.25, 0.3) is 0 Å². The van der Waals surface area contributed by atoms with Gasteiger partial charge < -0.3 is 9.80 Å². The third-order valence-electron chi connectivity index (χ3n) is 13.8. The molecule has 5 heterocycles. The first-order chi connectivity index (χ1) is 21.9. The molecule has 14 heteroatoms. The largest absolute Gasteiger partial charge is 0.327 e.